The zero-order valence-electron chi connectivity index (χ0n) is 12.7. The van der Waals surface area contributed by atoms with E-state index in [0.29, 0.717) is 19.8 Å². The second-order valence-corrected chi connectivity index (χ2v) is 5.15. The molecule has 0 radical (unpaired) electrons. The lowest BCUT2D eigenvalue weighted by Gasteiger charge is -2.09. The number of hydrogen-bond acceptors (Lipinski definition) is 3. The second-order valence-electron chi connectivity index (χ2n) is 5.15. The first kappa shape index (κ1) is 14.7. The largest absolute Gasteiger partial charge is 0.382 e. The number of aromatic nitrogens is 1. The van der Waals surface area contributed by atoms with Gasteiger partial charge in [0.15, 0.2) is 0 Å². The molecular formula is C19H19NO2. The van der Waals surface area contributed by atoms with Crippen LogP contribution in [-0.4, -0.2) is 25.3 Å². The van der Waals surface area contributed by atoms with Crippen LogP contribution in [0.5, 0.6) is 0 Å². The number of nitrogens with zero attached hydrogens (tertiary/aromatic N) is 1. The number of fused-ring (bicyclic) bond motifs is 1. The van der Waals surface area contributed by atoms with Crippen LogP contribution in [0.15, 0.2) is 60.9 Å². The molecule has 0 spiro atoms. The fraction of sp³-hybridized carbons (Fsp3) is 0.211. The summed E-state index contributed by atoms with van der Waals surface area (Å²) in [5.74, 6) is 0. The standard InChI is InChI=1S/C19H19NO2/c1-21-10-11-22-14-15-4-2-5-16(12-15)18-7-3-6-17-13-20-9-8-19(17)18/h2-9,12-13H,10-11,14H2,1H3. The van der Waals surface area contributed by atoms with Gasteiger partial charge in [-0.3, -0.25) is 4.98 Å². The molecule has 22 heavy (non-hydrogen) atoms. The van der Waals surface area contributed by atoms with Gasteiger partial charge >= 0.3 is 0 Å². The maximum Gasteiger partial charge on any atom is 0.0718 e. The molecule has 112 valence electrons. The Balaban J connectivity index is 1.87. The number of rotatable bonds is 6. The first-order valence-corrected chi connectivity index (χ1v) is 7.37. The van der Waals surface area contributed by atoms with E-state index in [-0.39, 0.29) is 0 Å². The fourth-order valence-electron chi connectivity index (χ4n) is 2.54. The molecule has 0 saturated carbocycles. The summed E-state index contributed by atoms with van der Waals surface area (Å²) in [6, 6.07) is 16.8. The molecular weight excluding hydrogens is 274 g/mol. The van der Waals surface area contributed by atoms with Gasteiger partial charge in [0.25, 0.3) is 0 Å². The molecule has 0 atom stereocenters. The third-order valence-corrected chi connectivity index (χ3v) is 3.62. The topological polar surface area (TPSA) is 31.4 Å². The normalized spacial score (nSPS) is 11.0. The Labute approximate surface area is 130 Å². The van der Waals surface area contributed by atoms with Gasteiger partial charge < -0.3 is 9.47 Å². The molecule has 3 aromatic rings. The fourth-order valence-corrected chi connectivity index (χ4v) is 2.54. The monoisotopic (exact) mass is 293 g/mol. The molecule has 0 unspecified atom stereocenters. The van der Waals surface area contributed by atoms with Crippen LogP contribution in [0.25, 0.3) is 21.9 Å². The van der Waals surface area contributed by atoms with Crippen molar-refractivity contribution in [1.82, 2.24) is 4.98 Å². The molecule has 0 saturated heterocycles. The highest BCUT2D eigenvalue weighted by Gasteiger charge is 2.04. The molecule has 3 nitrogen and oxygen atoms in total. The average Bonchev–Trinajstić information content (AvgIpc) is 2.58. The quantitative estimate of drug-likeness (QED) is 0.642. The lowest BCUT2D eigenvalue weighted by Crippen LogP contribution is -2.01. The Bertz CT molecular complexity index is 750. The molecule has 2 aromatic carbocycles. The molecule has 0 bridgehead atoms. The third kappa shape index (κ3) is 3.32. The zero-order chi connectivity index (χ0) is 15.2. The summed E-state index contributed by atoms with van der Waals surface area (Å²) in [4.78, 5) is 4.19. The number of methoxy groups -OCH3 is 1. The second kappa shape index (κ2) is 7.16. The Morgan fingerprint density at radius 1 is 1.00 bits per heavy atom. The van der Waals surface area contributed by atoms with E-state index in [1.165, 1.54) is 22.1 Å². The maximum absolute atomic E-state index is 5.60. The summed E-state index contributed by atoms with van der Waals surface area (Å²) in [6.45, 7) is 1.83. The smallest absolute Gasteiger partial charge is 0.0718 e. The van der Waals surface area contributed by atoms with E-state index in [1.807, 2.05) is 12.4 Å². The summed E-state index contributed by atoms with van der Waals surface area (Å²) >= 11 is 0. The summed E-state index contributed by atoms with van der Waals surface area (Å²) < 4.78 is 10.6. The lowest BCUT2D eigenvalue weighted by atomic mass is 9.98. The van der Waals surface area contributed by atoms with Gasteiger partial charge in [0.1, 0.15) is 0 Å². The summed E-state index contributed by atoms with van der Waals surface area (Å²) in [5.41, 5.74) is 3.59. The van der Waals surface area contributed by atoms with Gasteiger partial charge in [-0.05, 0) is 34.2 Å². The van der Waals surface area contributed by atoms with E-state index < -0.39 is 0 Å². The van der Waals surface area contributed by atoms with Gasteiger partial charge in [0.2, 0.25) is 0 Å². The van der Waals surface area contributed by atoms with Gasteiger partial charge in [-0.2, -0.15) is 0 Å². The molecule has 1 aromatic heterocycles. The van der Waals surface area contributed by atoms with Gasteiger partial charge in [-0.15, -0.1) is 0 Å². The highest BCUT2D eigenvalue weighted by molar-refractivity contribution is 5.96. The molecule has 0 aliphatic heterocycles. The third-order valence-electron chi connectivity index (χ3n) is 3.62. The van der Waals surface area contributed by atoms with Crippen LogP contribution in [0.3, 0.4) is 0 Å². The molecule has 0 N–H and O–H groups in total. The van der Waals surface area contributed by atoms with Gasteiger partial charge in [0.05, 0.1) is 19.8 Å². The van der Waals surface area contributed by atoms with Crippen molar-refractivity contribution in [2.45, 2.75) is 6.61 Å². The minimum atomic E-state index is 0.601. The first-order valence-electron chi connectivity index (χ1n) is 7.37. The Morgan fingerprint density at radius 3 is 2.82 bits per heavy atom. The van der Waals surface area contributed by atoms with Crippen LogP contribution in [0.4, 0.5) is 0 Å². The van der Waals surface area contributed by atoms with Crippen molar-refractivity contribution in [2.75, 3.05) is 20.3 Å². The molecule has 3 heteroatoms. The maximum atomic E-state index is 5.60. The van der Waals surface area contributed by atoms with E-state index in [1.54, 1.807) is 7.11 Å². The van der Waals surface area contributed by atoms with Crippen LogP contribution in [-0.2, 0) is 16.1 Å². The Hall–Kier alpha value is -2.23. The van der Waals surface area contributed by atoms with E-state index in [9.17, 15) is 0 Å². The molecule has 0 aliphatic rings. The SMILES string of the molecule is COCCOCc1cccc(-c2cccc3cnccc23)c1. The molecule has 1 heterocycles. The Kier molecular flexibility index (Phi) is 4.78. The van der Waals surface area contributed by atoms with Crippen molar-refractivity contribution in [1.29, 1.82) is 0 Å². The minimum absolute atomic E-state index is 0.601. The molecule has 0 fully saturated rings. The van der Waals surface area contributed by atoms with Crippen molar-refractivity contribution < 1.29 is 9.47 Å². The first-order chi connectivity index (χ1) is 10.9. The molecule has 3 rings (SSSR count). The molecule has 0 aliphatic carbocycles. The minimum Gasteiger partial charge on any atom is -0.382 e. The number of ether oxygens (including phenoxy) is 2. The summed E-state index contributed by atoms with van der Waals surface area (Å²) in [5, 5.41) is 2.37. The summed E-state index contributed by atoms with van der Waals surface area (Å²) in [6.07, 6.45) is 3.74. The van der Waals surface area contributed by atoms with E-state index in [4.69, 9.17) is 9.47 Å². The van der Waals surface area contributed by atoms with Crippen molar-refractivity contribution in [2.24, 2.45) is 0 Å². The number of benzene rings is 2. The van der Waals surface area contributed by atoms with Crippen LogP contribution >= 0.6 is 0 Å². The van der Waals surface area contributed by atoms with Crippen molar-refractivity contribution >= 4 is 10.8 Å². The van der Waals surface area contributed by atoms with Gasteiger partial charge in [-0.1, -0.05) is 36.4 Å². The van der Waals surface area contributed by atoms with Crippen LogP contribution in [0.2, 0.25) is 0 Å². The van der Waals surface area contributed by atoms with Crippen LogP contribution in [0.1, 0.15) is 5.56 Å². The predicted octanol–water partition coefficient (Wildman–Crippen LogP) is 4.06. The van der Waals surface area contributed by atoms with Crippen molar-refractivity contribution in [3.05, 3.63) is 66.5 Å². The highest BCUT2D eigenvalue weighted by atomic mass is 16.5. The van der Waals surface area contributed by atoms with Crippen LogP contribution < -0.4 is 0 Å². The zero-order valence-corrected chi connectivity index (χ0v) is 12.7. The van der Waals surface area contributed by atoms with E-state index >= 15 is 0 Å². The number of pyridine rings is 1. The number of hydrogen-bond donors (Lipinski definition) is 0. The van der Waals surface area contributed by atoms with E-state index in [2.05, 4.69) is 53.5 Å². The van der Waals surface area contributed by atoms with Crippen molar-refractivity contribution in [3.8, 4) is 11.1 Å². The predicted molar refractivity (Wildman–Crippen MR) is 88.7 cm³/mol. The van der Waals surface area contributed by atoms with E-state index in [0.717, 1.165) is 5.39 Å². The lowest BCUT2D eigenvalue weighted by molar-refractivity contribution is 0.0617. The highest BCUT2D eigenvalue weighted by Crippen LogP contribution is 2.28. The van der Waals surface area contributed by atoms with Gasteiger partial charge in [0, 0.05) is 24.9 Å². The van der Waals surface area contributed by atoms with Crippen molar-refractivity contribution in [3.63, 3.8) is 0 Å². The van der Waals surface area contributed by atoms with Crippen LogP contribution in [0, 0.1) is 0 Å². The summed E-state index contributed by atoms with van der Waals surface area (Å²) in [7, 11) is 1.68. The Morgan fingerprint density at radius 2 is 1.91 bits per heavy atom. The van der Waals surface area contributed by atoms with Gasteiger partial charge in [-0.25, -0.2) is 0 Å². The molecule has 0 amide bonds. The average molecular weight is 293 g/mol.